The van der Waals surface area contributed by atoms with Crippen LogP contribution in [0.5, 0.6) is 5.75 Å². The van der Waals surface area contributed by atoms with Gasteiger partial charge in [-0.05, 0) is 25.0 Å². The summed E-state index contributed by atoms with van der Waals surface area (Å²) in [5.41, 5.74) is 5.67. The number of ether oxygens (including phenoxy) is 1. The molecule has 1 rings (SSSR count). The van der Waals surface area contributed by atoms with Crippen LogP contribution in [0.15, 0.2) is 24.3 Å². The summed E-state index contributed by atoms with van der Waals surface area (Å²) in [5, 5.41) is 0. The number of benzene rings is 1. The summed E-state index contributed by atoms with van der Waals surface area (Å²) in [7, 11) is 0. The van der Waals surface area contributed by atoms with Crippen molar-refractivity contribution in [3.8, 4) is 5.75 Å². The highest BCUT2D eigenvalue weighted by atomic mass is 16.5. The lowest BCUT2D eigenvalue weighted by atomic mass is 10.2. The fraction of sp³-hybridized carbons (Fsp3) is 0.467. The first-order valence-electron chi connectivity index (χ1n) is 6.89. The molecule has 0 saturated heterocycles. The van der Waals surface area contributed by atoms with E-state index in [9.17, 15) is 9.59 Å². The number of rotatable bonds is 7. The molecule has 5 heteroatoms. The van der Waals surface area contributed by atoms with E-state index in [0.717, 1.165) is 24.8 Å². The third-order valence-electron chi connectivity index (χ3n) is 2.80. The van der Waals surface area contributed by atoms with Crippen LogP contribution in [0.1, 0.15) is 38.2 Å². The summed E-state index contributed by atoms with van der Waals surface area (Å²) in [5.74, 6) is 0.108. The van der Waals surface area contributed by atoms with E-state index in [1.807, 2.05) is 25.1 Å². The quantitative estimate of drug-likeness (QED) is 0.593. The lowest BCUT2D eigenvalue weighted by Gasteiger charge is -2.10. The Morgan fingerprint density at radius 2 is 1.80 bits per heavy atom. The van der Waals surface area contributed by atoms with Crippen LogP contribution in [-0.4, -0.2) is 18.4 Å². The highest BCUT2D eigenvalue weighted by Gasteiger charge is 2.06. The van der Waals surface area contributed by atoms with Gasteiger partial charge in [0.15, 0.2) is 6.61 Å². The van der Waals surface area contributed by atoms with Crippen molar-refractivity contribution >= 4 is 11.8 Å². The third kappa shape index (κ3) is 6.22. The zero-order valence-electron chi connectivity index (χ0n) is 12.1. The lowest BCUT2D eigenvalue weighted by molar-refractivity contribution is -0.130. The zero-order valence-corrected chi connectivity index (χ0v) is 12.1. The molecule has 0 spiro atoms. The Morgan fingerprint density at radius 1 is 1.10 bits per heavy atom. The molecule has 0 aromatic heterocycles. The average molecular weight is 278 g/mol. The van der Waals surface area contributed by atoms with E-state index in [-0.39, 0.29) is 18.4 Å². The fourth-order valence-corrected chi connectivity index (χ4v) is 1.64. The molecule has 1 aromatic carbocycles. The molecule has 1 aromatic rings. The second-order valence-corrected chi connectivity index (χ2v) is 4.61. The second kappa shape index (κ2) is 8.96. The third-order valence-corrected chi connectivity index (χ3v) is 2.80. The molecule has 0 aliphatic heterocycles. The van der Waals surface area contributed by atoms with Gasteiger partial charge in [0.1, 0.15) is 5.75 Å². The molecule has 2 amide bonds. The molecule has 20 heavy (non-hydrogen) atoms. The summed E-state index contributed by atoms with van der Waals surface area (Å²) in [6.07, 6.45) is 3.33. The largest absolute Gasteiger partial charge is 0.483 e. The van der Waals surface area contributed by atoms with Crippen LogP contribution < -0.4 is 15.6 Å². The van der Waals surface area contributed by atoms with Crippen LogP contribution in [0, 0.1) is 6.92 Å². The number of carbonyl (C=O) groups is 2. The van der Waals surface area contributed by atoms with Gasteiger partial charge in [-0.25, -0.2) is 0 Å². The van der Waals surface area contributed by atoms with Crippen molar-refractivity contribution in [2.75, 3.05) is 6.61 Å². The second-order valence-electron chi connectivity index (χ2n) is 4.61. The standard InChI is InChI=1S/C15H22N2O3/c1-3-4-5-10-14(18)16-17-15(19)11-20-13-9-7-6-8-12(13)2/h6-9H,3-5,10-11H2,1-2H3,(H,16,18)(H,17,19). The fourth-order valence-electron chi connectivity index (χ4n) is 1.64. The topological polar surface area (TPSA) is 67.4 Å². The molecule has 0 aliphatic rings. The van der Waals surface area contributed by atoms with Crippen molar-refractivity contribution in [1.29, 1.82) is 0 Å². The van der Waals surface area contributed by atoms with E-state index in [0.29, 0.717) is 12.2 Å². The predicted molar refractivity (Wildman–Crippen MR) is 77.1 cm³/mol. The van der Waals surface area contributed by atoms with Crippen LogP contribution in [0.3, 0.4) is 0 Å². The Balaban J connectivity index is 2.21. The van der Waals surface area contributed by atoms with Gasteiger partial charge < -0.3 is 4.74 Å². The average Bonchev–Trinajstić information content (AvgIpc) is 2.44. The van der Waals surface area contributed by atoms with Crippen LogP contribution in [0.2, 0.25) is 0 Å². The monoisotopic (exact) mass is 278 g/mol. The molecule has 5 nitrogen and oxygen atoms in total. The summed E-state index contributed by atoms with van der Waals surface area (Å²) in [6, 6.07) is 7.45. The minimum atomic E-state index is -0.378. The van der Waals surface area contributed by atoms with Crippen molar-refractivity contribution in [2.45, 2.75) is 39.5 Å². The van der Waals surface area contributed by atoms with Crippen LogP contribution >= 0.6 is 0 Å². The molecule has 0 radical (unpaired) electrons. The van der Waals surface area contributed by atoms with Crippen molar-refractivity contribution in [3.05, 3.63) is 29.8 Å². The number of nitrogens with one attached hydrogen (secondary N) is 2. The van der Waals surface area contributed by atoms with Crippen molar-refractivity contribution in [2.24, 2.45) is 0 Å². The Hall–Kier alpha value is -2.04. The van der Waals surface area contributed by atoms with Gasteiger partial charge in [0.2, 0.25) is 5.91 Å². The van der Waals surface area contributed by atoms with E-state index in [2.05, 4.69) is 17.8 Å². The summed E-state index contributed by atoms with van der Waals surface area (Å²) in [4.78, 5) is 22.9. The Labute approximate surface area is 119 Å². The number of hydrazine groups is 1. The minimum absolute atomic E-state index is 0.125. The number of para-hydroxylation sites is 1. The van der Waals surface area contributed by atoms with Gasteiger partial charge in [0, 0.05) is 6.42 Å². The predicted octanol–water partition coefficient (Wildman–Crippen LogP) is 2.10. The maximum absolute atomic E-state index is 11.5. The van der Waals surface area contributed by atoms with E-state index in [4.69, 9.17) is 4.74 Å². The van der Waals surface area contributed by atoms with E-state index >= 15 is 0 Å². The normalized spacial score (nSPS) is 9.90. The Morgan fingerprint density at radius 3 is 2.50 bits per heavy atom. The van der Waals surface area contributed by atoms with Crippen LogP contribution in [0.4, 0.5) is 0 Å². The maximum Gasteiger partial charge on any atom is 0.276 e. The van der Waals surface area contributed by atoms with Crippen molar-refractivity contribution < 1.29 is 14.3 Å². The number of carbonyl (C=O) groups excluding carboxylic acids is 2. The molecular weight excluding hydrogens is 256 g/mol. The van der Waals surface area contributed by atoms with Gasteiger partial charge >= 0.3 is 0 Å². The highest BCUT2D eigenvalue weighted by Crippen LogP contribution is 2.15. The first-order chi connectivity index (χ1) is 9.63. The van der Waals surface area contributed by atoms with Gasteiger partial charge in [-0.2, -0.15) is 0 Å². The van der Waals surface area contributed by atoms with Crippen LogP contribution in [-0.2, 0) is 9.59 Å². The molecule has 0 unspecified atom stereocenters. The van der Waals surface area contributed by atoms with Crippen molar-refractivity contribution in [3.63, 3.8) is 0 Å². The summed E-state index contributed by atoms with van der Waals surface area (Å²) < 4.78 is 5.37. The first-order valence-corrected chi connectivity index (χ1v) is 6.89. The maximum atomic E-state index is 11.5. The minimum Gasteiger partial charge on any atom is -0.483 e. The van der Waals surface area contributed by atoms with Gasteiger partial charge in [0.05, 0.1) is 0 Å². The SMILES string of the molecule is CCCCCC(=O)NNC(=O)COc1ccccc1C. The molecule has 2 N–H and O–H groups in total. The molecule has 0 fully saturated rings. The van der Waals surface area contributed by atoms with Gasteiger partial charge in [-0.15, -0.1) is 0 Å². The Kier molecular flexibility index (Phi) is 7.17. The molecule has 0 bridgehead atoms. The summed E-state index contributed by atoms with van der Waals surface area (Å²) in [6.45, 7) is 3.85. The molecule has 0 heterocycles. The molecular formula is C15H22N2O3. The molecule has 0 aliphatic carbocycles. The number of amides is 2. The van der Waals surface area contributed by atoms with E-state index in [1.54, 1.807) is 6.07 Å². The van der Waals surface area contributed by atoms with E-state index in [1.165, 1.54) is 0 Å². The lowest BCUT2D eigenvalue weighted by Crippen LogP contribution is -2.43. The van der Waals surface area contributed by atoms with E-state index < -0.39 is 0 Å². The van der Waals surface area contributed by atoms with Crippen LogP contribution in [0.25, 0.3) is 0 Å². The number of unbranched alkanes of at least 4 members (excludes halogenated alkanes) is 2. The number of hydrogen-bond acceptors (Lipinski definition) is 3. The van der Waals surface area contributed by atoms with Gasteiger partial charge in [-0.1, -0.05) is 38.0 Å². The van der Waals surface area contributed by atoms with Crippen molar-refractivity contribution in [1.82, 2.24) is 10.9 Å². The molecule has 0 saturated carbocycles. The number of aryl methyl sites for hydroxylation is 1. The Bertz CT molecular complexity index is 446. The number of hydrogen-bond donors (Lipinski definition) is 2. The molecule has 110 valence electrons. The highest BCUT2D eigenvalue weighted by molar-refractivity contribution is 5.82. The summed E-state index contributed by atoms with van der Waals surface area (Å²) >= 11 is 0. The molecule has 0 atom stereocenters. The van der Waals surface area contributed by atoms with Gasteiger partial charge in [-0.3, -0.25) is 20.4 Å². The smallest absolute Gasteiger partial charge is 0.276 e. The van der Waals surface area contributed by atoms with Gasteiger partial charge in [0.25, 0.3) is 5.91 Å². The first kappa shape index (κ1) is 16.0. The zero-order chi connectivity index (χ0) is 14.8.